The van der Waals surface area contributed by atoms with Crippen LogP contribution in [-0.4, -0.2) is 30.3 Å². The number of imide groups is 1. The van der Waals surface area contributed by atoms with Gasteiger partial charge in [0.15, 0.2) is 11.5 Å². The van der Waals surface area contributed by atoms with E-state index in [1.54, 1.807) is 43.5 Å². The molecule has 1 heterocycles. The monoisotopic (exact) mass is 413 g/mol. The molecule has 0 radical (unpaired) electrons. The van der Waals surface area contributed by atoms with Crippen molar-refractivity contribution in [2.75, 3.05) is 14.2 Å². The number of halogens is 1. The second-order valence-corrected chi connectivity index (χ2v) is 7.26. The molecule has 0 N–H and O–H groups in total. The molecule has 0 aromatic heterocycles. The van der Waals surface area contributed by atoms with Crippen molar-refractivity contribution in [1.82, 2.24) is 4.90 Å². The van der Waals surface area contributed by atoms with Gasteiger partial charge in [-0.15, -0.1) is 6.58 Å². The lowest BCUT2D eigenvalue weighted by Crippen LogP contribution is -2.27. The first-order chi connectivity index (χ1) is 14.0. The average Bonchev–Trinajstić information content (AvgIpc) is 2.96. The maximum Gasteiger partial charge on any atom is 0.293 e. The Bertz CT molecular complexity index is 1000. The quantitative estimate of drug-likeness (QED) is 0.482. The Morgan fingerprint density at radius 3 is 2.55 bits per heavy atom. The lowest BCUT2D eigenvalue weighted by atomic mass is 10.0. The third-order valence-corrected chi connectivity index (χ3v) is 5.31. The molecule has 1 aliphatic rings. The van der Waals surface area contributed by atoms with Gasteiger partial charge in [-0.2, -0.15) is 0 Å². The van der Waals surface area contributed by atoms with Crippen LogP contribution in [0.4, 0.5) is 9.18 Å². The van der Waals surface area contributed by atoms with E-state index in [0.29, 0.717) is 23.5 Å². The molecule has 0 unspecified atom stereocenters. The summed E-state index contributed by atoms with van der Waals surface area (Å²) >= 11 is 0.828. The van der Waals surface area contributed by atoms with E-state index in [-0.39, 0.29) is 17.0 Å². The molecule has 0 aliphatic carbocycles. The molecule has 5 nitrogen and oxygen atoms in total. The Balaban J connectivity index is 1.92. The van der Waals surface area contributed by atoms with Crippen LogP contribution in [0.2, 0.25) is 0 Å². The molecule has 29 heavy (non-hydrogen) atoms. The fourth-order valence-corrected chi connectivity index (χ4v) is 3.88. The first kappa shape index (κ1) is 20.7. The number of allylic oxidation sites excluding steroid dienone is 1. The van der Waals surface area contributed by atoms with Crippen LogP contribution in [0, 0.1) is 5.82 Å². The highest BCUT2D eigenvalue weighted by molar-refractivity contribution is 8.18. The number of ether oxygens (including phenoxy) is 2. The number of methoxy groups -OCH3 is 2. The molecule has 2 aromatic rings. The fraction of sp³-hybridized carbons (Fsp3) is 0.182. The van der Waals surface area contributed by atoms with Crippen LogP contribution in [0.15, 0.2) is 54.0 Å². The summed E-state index contributed by atoms with van der Waals surface area (Å²) in [6.45, 7) is 3.64. The van der Waals surface area contributed by atoms with Crippen LogP contribution in [0.3, 0.4) is 0 Å². The molecule has 2 amide bonds. The molecule has 0 saturated carbocycles. The number of amides is 2. The van der Waals surface area contributed by atoms with Gasteiger partial charge in [0.25, 0.3) is 11.1 Å². The summed E-state index contributed by atoms with van der Waals surface area (Å²) in [5, 5.41) is -0.434. The maximum absolute atomic E-state index is 13.9. The maximum atomic E-state index is 13.9. The zero-order valence-corrected chi connectivity index (χ0v) is 16.9. The molecule has 0 atom stereocenters. The van der Waals surface area contributed by atoms with E-state index in [0.717, 1.165) is 22.2 Å². The fourth-order valence-electron chi connectivity index (χ4n) is 3.04. The zero-order chi connectivity index (χ0) is 21.0. The number of benzene rings is 2. The molecule has 150 valence electrons. The van der Waals surface area contributed by atoms with Crippen molar-refractivity contribution in [3.8, 4) is 11.5 Å². The number of rotatable bonds is 7. The molecule has 7 heteroatoms. The number of carbonyl (C=O) groups excluding carboxylic acids is 2. The predicted molar refractivity (Wildman–Crippen MR) is 111 cm³/mol. The van der Waals surface area contributed by atoms with Crippen LogP contribution >= 0.6 is 11.8 Å². The first-order valence-electron chi connectivity index (χ1n) is 8.83. The van der Waals surface area contributed by atoms with E-state index in [1.165, 1.54) is 13.2 Å². The number of hydrogen-bond donors (Lipinski definition) is 0. The van der Waals surface area contributed by atoms with Gasteiger partial charge in [0, 0.05) is 11.1 Å². The van der Waals surface area contributed by atoms with Gasteiger partial charge < -0.3 is 9.47 Å². The van der Waals surface area contributed by atoms with E-state index in [1.807, 2.05) is 6.07 Å². The molecular formula is C22H20FNO4S. The van der Waals surface area contributed by atoms with Gasteiger partial charge >= 0.3 is 0 Å². The first-order valence-corrected chi connectivity index (χ1v) is 9.64. The van der Waals surface area contributed by atoms with Crippen LogP contribution in [0.25, 0.3) is 6.08 Å². The largest absolute Gasteiger partial charge is 0.493 e. The Morgan fingerprint density at radius 2 is 1.90 bits per heavy atom. The third kappa shape index (κ3) is 4.35. The van der Waals surface area contributed by atoms with E-state index in [2.05, 4.69) is 6.58 Å². The highest BCUT2D eigenvalue weighted by Gasteiger charge is 2.35. The van der Waals surface area contributed by atoms with Gasteiger partial charge in [-0.05, 0) is 48.0 Å². The number of hydrogen-bond acceptors (Lipinski definition) is 5. The van der Waals surface area contributed by atoms with Gasteiger partial charge in [-0.1, -0.05) is 24.3 Å². The summed E-state index contributed by atoms with van der Waals surface area (Å²) in [5.74, 6) is 0.202. The molecule has 0 bridgehead atoms. The van der Waals surface area contributed by atoms with Gasteiger partial charge in [0.2, 0.25) is 0 Å². The Kier molecular flexibility index (Phi) is 6.39. The summed E-state index contributed by atoms with van der Waals surface area (Å²) < 4.78 is 24.7. The topological polar surface area (TPSA) is 55.8 Å². The van der Waals surface area contributed by atoms with Crippen molar-refractivity contribution in [3.05, 3.63) is 76.5 Å². The highest BCUT2D eigenvalue weighted by Crippen LogP contribution is 2.37. The van der Waals surface area contributed by atoms with Crippen LogP contribution in [-0.2, 0) is 17.8 Å². The van der Waals surface area contributed by atoms with Gasteiger partial charge in [0.1, 0.15) is 5.82 Å². The molecule has 2 aromatic carbocycles. The molecular weight excluding hydrogens is 393 g/mol. The summed E-state index contributed by atoms with van der Waals surface area (Å²) in [4.78, 5) is 26.4. The smallest absolute Gasteiger partial charge is 0.293 e. The highest BCUT2D eigenvalue weighted by atomic mass is 32.2. The number of nitrogens with zero attached hydrogens (tertiary/aromatic N) is 1. The standard InChI is InChI=1S/C22H20FNO4S/c1-4-7-15-10-14(11-18(27-2)20(15)28-3)12-19-21(25)24(22(26)29-19)13-16-8-5-6-9-17(16)23/h4-6,8-12H,1,7,13H2,2-3H3. The van der Waals surface area contributed by atoms with Crippen molar-refractivity contribution >= 4 is 29.0 Å². The lowest BCUT2D eigenvalue weighted by molar-refractivity contribution is -0.123. The number of carbonyl (C=O) groups is 2. The van der Waals surface area contributed by atoms with Crippen molar-refractivity contribution in [1.29, 1.82) is 0 Å². The molecule has 1 fully saturated rings. The minimum atomic E-state index is -0.455. The van der Waals surface area contributed by atoms with E-state index >= 15 is 0 Å². The van der Waals surface area contributed by atoms with Crippen molar-refractivity contribution < 1.29 is 23.5 Å². The SMILES string of the molecule is C=CCc1cc(C=C2SC(=O)N(Cc3ccccc3F)C2=O)cc(OC)c1OC. The van der Waals surface area contributed by atoms with Gasteiger partial charge in [-0.25, -0.2) is 4.39 Å². The predicted octanol–water partition coefficient (Wildman–Crippen LogP) is 4.81. The molecule has 1 aliphatic heterocycles. The Hall–Kier alpha value is -3.06. The van der Waals surface area contributed by atoms with Gasteiger partial charge in [0.05, 0.1) is 25.7 Å². The van der Waals surface area contributed by atoms with E-state index < -0.39 is 17.0 Å². The number of thioether (sulfide) groups is 1. The zero-order valence-electron chi connectivity index (χ0n) is 16.1. The van der Waals surface area contributed by atoms with Crippen molar-refractivity contribution in [2.24, 2.45) is 0 Å². The Morgan fingerprint density at radius 1 is 1.14 bits per heavy atom. The molecule has 3 rings (SSSR count). The van der Waals surface area contributed by atoms with Crippen LogP contribution in [0.1, 0.15) is 16.7 Å². The van der Waals surface area contributed by atoms with Crippen LogP contribution in [0.5, 0.6) is 11.5 Å². The second kappa shape index (κ2) is 8.96. The molecule has 0 spiro atoms. The van der Waals surface area contributed by atoms with Crippen molar-refractivity contribution in [3.63, 3.8) is 0 Å². The molecule has 1 saturated heterocycles. The summed E-state index contributed by atoms with van der Waals surface area (Å²) in [6.07, 6.45) is 3.92. The summed E-state index contributed by atoms with van der Waals surface area (Å²) in [5.41, 5.74) is 1.82. The van der Waals surface area contributed by atoms with Gasteiger partial charge in [-0.3, -0.25) is 14.5 Å². The van der Waals surface area contributed by atoms with Crippen LogP contribution < -0.4 is 9.47 Å². The minimum absolute atomic E-state index is 0.109. The minimum Gasteiger partial charge on any atom is -0.493 e. The normalized spacial score (nSPS) is 15.1. The Labute approximate surface area is 172 Å². The third-order valence-electron chi connectivity index (χ3n) is 4.40. The summed E-state index contributed by atoms with van der Waals surface area (Å²) in [7, 11) is 3.08. The second-order valence-electron chi connectivity index (χ2n) is 6.27. The average molecular weight is 413 g/mol. The van der Waals surface area contributed by atoms with E-state index in [4.69, 9.17) is 9.47 Å². The van der Waals surface area contributed by atoms with E-state index in [9.17, 15) is 14.0 Å². The lowest BCUT2D eigenvalue weighted by Gasteiger charge is -2.14. The summed E-state index contributed by atoms with van der Waals surface area (Å²) in [6, 6.07) is 9.67. The van der Waals surface area contributed by atoms with Crippen molar-refractivity contribution in [2.45, 2.75) is 13.0 Å².